The molecule has 0 spiro atoms. The first kappa shape index (κ1) is 16.9. The Labute approximate surface area is 136 Å². The molecule has 1 aromatic carbocycles. The van der Waals surface area contributed by atoms with E-state index in [9.17, 15) is 5.11 Å². The van der Waals surface area contributed by atoms with E-state index in [0.29, 0.717) is 6.61 Å². The first-order chi connectivity index (χ1) is 9.73. The quantitative estimate of drug-likeness (QED) is 0.871. The highest BCUT2D eigenvalue weighted by atomic mass is 79.9. The number of benzene rings is 1. The molecule has 1 saturated heterocycles. The fourth-order valence-corrected chi connectivity index (χ4v) is 3.74. The van der Waals surface area contributed by atoms with Gasteiger partial charge in [-0.3, -0.25) is 0 Å². The zero-order valence-corrected chi connectivity index (χ0v) is 15.2. The standard InChI is InChI=1S/C17H26BrNO2/c1-6-12-8-14(9-13(7-2)15(12)18)17(20)11(3)19-16(4,5)10-21-17/h8-9,11,19-20H,6-7,10H2,1-5H3. The summed E-state index contributed by atoms with van der Waals surface area (Å²) in [5.74, 6) is -1.27. The highest BCUT2D eigenvalue weighted by molar-refractivity contribution is 9.10. The molecule has 2 rings (SSSR count). The molecule has 4 heteroatoms. The SMILES string of the molecule is CCc1cc(C2(O)OCC(C)(C)NC2C)cc(CC)c1Br. The lowest BCUT2D eigenvalue weighted by atomic mass is 9.90. The van der Waals surface area contributed by atoms with Crippen LogP contribution in [0, 0.1) is 0 Å². The van der Waals surface area contributed by atoms with Gasteiger partial charge in [0.05, 0.1) is 12.6 Å². The molecule has 0 amide bonds. The minimum absolute atomic E-state index is 0.123. The Morgan fingerprint density at radius 1 is 1.29 bits per heavy atom. The molecule has 0 aromatic heterocycles. The molecule has 2 N–H and O–H groups in total. The summed E-state index contributed by atoms with van der Waals surface area (Å²) < 4.78 is 7.05. The lowest BCUT2D eigenvalue weighted by Crippen LogP contribution is -2.63. The van der Waals surface area contributed by atoms with Crippen molar-refractivity contribution in [3.63, 3.8) is 0 Å². The number of hydrogen-bond acceptors (Lipinski definition) is 3. The molecule has 0 bridgehead atoms. The molecule has 1 aliphatic heterocycles. The van der Waals surface area contributed by atoms with E-state index in [4.69, 9.17) is 4.74 Å². The number of morpholine rings is 1. The third-order valence-corrected chi connectivity index (χ3v) is 5.26. The topological polar surface area (TPSA) is 41.5 Å². The second-order valence-corrected chi connectivity index (χ2v) is 7.34. The van der Waals surface area contributed by atoms with E-state index in [1.54, 1.807) is 0 Å². The second-order valence-electron chi connectivity index (χ2n) is 6.55. The maximum Gasteiger partial charge on any atom is 0.208 e. The van der Waals surface area contributed by atoms with Crippen LogP contribution < -0.4 is 5.32 Å². The molecule has 21 heavy (non-hydrogen) atoms. The maximum absolute atomic E-state index is 11.1. The van der Waals surface area contributed by atoms with Crippen molar-refractivity contribution in [2.24, 2.45) is 0 Å². The molecular weight excluding hydrogens is 330 g/mol. The number of rotatable bonds is 3. The van der Waals surface area contributed by atoms with E-state index in [0.717, 1.165) is 22.9 Å². The van der Waals surface area contributed by atoms with Crippen molar-refractivity contribution in [2.45, 2.75) is 64.8 Å². The minimum atomic E-state index is -1.27. The molecule has 3 nitrogen and oxygen atoms in total. The lowest BCUT2D eigenvalue weighted by Gasteiger charge is -2.46. The van der Waals surface area contributed by atoms with Crippen molar-refractivity contribution in [3.8, 4) is 0 Å². The van der Waals surface area contributed by atoms with Gasteiger partial charge in [-0.25, -0.2) is 0 Å². The Morgan fingerprint density at radius 2 is 1.81 bits per heavy atom. The molecule has 1 fully saturated rings. The van der Waals surface area contributed by atoms with Crippen LogP contribution in [0.5, 0.6) is 0 Å². The summed E-state index contributed by atoms with van der Waals surface area (Å²) in [7, 11) is 0. The van der Waals surface area contributed by atoms with Crippen molar-refractivity contribution in [3.05, 3.63) is 33.3 Å². The van der Waals surface area contributed by atoms with Gasteiger partial charge in [0, 0.05) is 15.6 Å². The van der Waals surface area contributed by atoms with Crippen molar-refractivity contribution < 1.29 is 9.84 Å². The summed E-state index contributed by atoms with van der Waals surface area (Å²) in [6, 6.07) is 3.94. The Balaban J connectivity index is 2.45. The number of hydrogen-bond donors (Lipinski definition) is 2. The van der Waals surface area contributed by atoms with Crippen LogP contribution in [0.25, 0.3) is 0 Å². The average Bonchev–Trinajstić information content (AvgIpc) is 2.43. The number of nitrogens with one attached hydrogen (secondary N) is 1. The van der Waals surface area contributed by atoms with Crippen LogP contribution in [0.3, 0.4) is 0 Å². The summed E-state index contributed by atoms with van der Waals surface area (Å²) in [6.07, 6.45) is 1.84. The van der Waals surface area contributed by atoms with Gasteiger partial charge in [-0.05, 0) is 56.9 Å². The third kappa shape index (κ3) is 3.19. The average molecular weight is 356 g/mol. The molecule has 1 aliphatic rings. The van der Waals surface area contributed by atoms with E-state index in [1.165, 1.54) is 11.1 Å². The van der Waals surface area contributed by atoms with Crippen molar-refractivity contribution in [1.82, 2.24) is 5.32 Å². The molecule has 1 aromatic rings. The monoisotopic (exact) mass is 355 g/mol. The Morgan fingerprint density at radius 3 is 2.24 bits per heavy atom. The molecule has 2 unspecified atom stereocenters. The van der Waals surface area contributed by atoms with Gasteiger partial charge < -0.3 is 15.2 Å². The van der Waals surface area contributed by atoms with Crippen molar-refractivity contribution in [1.29, 1.82) is 0 Å². The lowest BCUT2D eigenvalue weighted by molar-refractivity contribution is -0.263. The molecule has 2 atom stereocenters. The maximum atomic E-state index is 11.1. The summed E-state index contributed by atoms with van der Waals surface area (Å²) in [5, 5.41) is 14.5. The molecular formula is C17H26BrNO2. The highest BCUT2D eigenvalue weighted by Crippen LogP contribution is 2.36. The van der Waals surface area contributed by atoms with Gasteiger partial charge in [-0.1, -0.05) is 29.8 Å². The fourth-order valence-electron chi connectivity index (χ4n) is 2.95. The van der Waals surface area contributed by atoms with E-state index >= 15 is 0 Å². The van der Waals surface area contributed by atoms with Gasteiger partial charge in [0.25, 0.3) is 0 Å². The predicted molar refractivity (Wildman–Crippen MR) is 89.4 cm³/mol. The zero-order valence-electron chi connectivity index (χ0n) is 13.6. The normalized spacial score (nSPS) is 28.6. The summed E-state index contributed by atoms with van der Waals surface area (Å²) in [5.41, 5.74) is 3.13. The Bertz CT molecular complexity index is 505. The van der Waals surface area contributed by atoms with E-state index in [-0.39, 0.29) is 11.6 Å². The number of ether oxygens (including phenoxy) is 1. The first-order valence-corrected chi connectivity index (χ1v) is 8.48. The molecule has 0 saturated carbocycles. The van der Waals surface area contributed by atoms with Gasteiger partial charge >= 0.3 is 0 Å². The minimum Gasteiger partial charge on any atom is -0.361 e. The van der Waals surface area contributed by atoms with Crippen LogP contribution in [0.1, 0.15) is 51.3 Å². The van der Waals surface area contributed by atoms with E-state index < -0.39 is 5.79 Å². The predicted octanol–water partition coefficient (Wildman–Crippen LogP) is 3.51. The molecule has 118 valence electrons. The van der Waals surface area contributed by atoms with Crippen LogP contribution in [0.4, 0.5) is 0 Å². The highest BCUT2D eigenvalue weighted by Gasteiger charge is 2.45. The molecule has 0 radical (unpaired) electrons. The van der Waals surface area contributed by atoms with Gasteiger partial charge in [0.1, 0.15) is 0 Å². The van der Waals surface area contributed by atoms with E-state index in [2.05, 4.69) is 61.1 Å². The van der Waals surface area contributed by atoms with Crippen molar-refractivity contribution in [2.75, 3.05) is 6.61 Å². The van der Waals surface area contributed by atoms with Crippen LogP contribution in [0.2, 0.25) is 0 Å². The molecule has 1 heterocycles. The van der Waals surface area contributed by atoms with Gasteiger partial charge in [0.15, 0.2) is 0 Å². The first-order valence-electron chi connectivity index (χ1n) is 7.69. The van der Waals surface area contributed by atoms with Gasteiger partial charge in [-0.15, -0.1) is 0 Å². The van der Waals surface area contributed by atoms with Crippen molar-refractivity contribution >= 4 is 15.9 Å². The number of aryl methyl sites for hydroxylation is 2. The molecule has 0 aliphatic carbocycles. The van der Waals surface area contributed by atoms with Gasteiger partial charge in [-0.2, -0.15) is 0 Å². The van der Waals surface area contributed by atoms with Gasteiger partial charge in [0.2, 0.25) is 5.79 Å². The smallest absolute Gasteiger partial charge is 0.208 e. The Hall–Kier alpha value is -0.420. The third-order valence-electron chi connectivity index (χ3n) is 4.25. The second kappa shape index (κ2) is 5.99. The largest absolute Gasteiger partial charge is 0.361 e. The fraction of sp³-hybridized carbons (Fsp3) is 0.647. The Kier molecular flexibility index (Phi) is 4.84. The number of aliphatic hydroxyl groups is 1. The summed E-state index contributed by atoms with van der Waals surface area (Å²) >= 11 is 3.67. The van der Waals surface area contributed by atoms with E-state index in [1.807, 2.05) is 6.92 Å². The van der Waals surface area contributed by atoms with Crippen LogP contribution >= 0.6 is 15.9 Å². The zero-order chi connectivity index (χ0) is 15.8. The summed E-state index contributed by atoms with van der Waals surface area (Å²) in [6.45, 7) is 10.9. The summed E-state index contributed by atoms with van der Waals surface area (Å²) in [4.78, 5) is 0. The van der Waals surface area contributed by atoms with Crippen LogP contribution in [0.15, 0.2) is 16.6 Å². The van der Waals surface area contributed by atoms with Crippen LogP contribution in [-0.2, 0) is 23.4 Å². The van der Waals surface area contributed by atoms with Crippen LogP contribution in [-0.4, -0.2) is 23.3 Å². The number of halogens is 1.